The second-order valence-electron chi connectivity index (χ2n) is 11.5. The average Bonchev–Trinajstić information content (AvgIpc) is 3.19. The van der Waals surface area contributed by atoms with Crippen LogP contribution in [-0.2, 0) is 27.4 Å². The maximum atomic E-state index is 12.7. The lowest BCUT2D eigenvalue weighted by Gasteiger charge is -2.26. The number of nitrogens with zero attached hydrogens (tertiary/aromatic N) is 3. The van der Waals surface area contributed by atoms with Crippen LogP contribution in [0, 0.1) is 0 Å². The molecule has 0 amide bonds. The van der Waals surface area contributed by atoms with Crippen molar-refractivity contribution < 1.29 is 19.4 Å². The molecule has 0 saturated carbocycles. The monoisotopic (exact) mass is 522 g/mol. The third-order valence-corrected chi connectivity index (χ3v) is 6.99. The van der Waals surface area contributed by atoms with Crippen molar-refractivity contribution in [2.75, 3.05) is 13.7 Å². The van der Waals surface area contributed by atoms with Crippen LogP contribution in [0.4, 0.5) is 0 Å². The van der Waals surface area contributed by atoms with Gasteiger partial charge in [-0.3, -0.25) is 10.1 Å². The Morgan fingerprint density at radius 1 is 1.34 bits per heavy atom. The zero-order valence-electron chi connectivity index (χ0n) is 23.6. The van der Waals surface area contributed by atoms with Crippen molar-refractivity contribution in [3.63, 3.8) is 0 Å². The van der Waals surface area contributed by atoms with Crippen LogP contribution in [0.1, 0.15) is 65.3 Å². The van der Waals surface area contributed by atoms with Crippen molar-refractivity contribution >= 4 is 22.6 Å². The molecule has 1 fully saturated rings. The van der Waals surface area contributed by atoms with Crippen LogP contribution in [0.3, 0.4) is 0 Å². The van der Waals surface area contributed by atoms with Crippen LogP contribution >= 0.6 is 0 Å². The number of carbonyl (C=O) groups is 1. The molecule has 0 spiro atoms. The van der Waals surface area contributed by atoms with Crippen LogP contribution in [0.25, 0.3) is 16.6 Å². The van der Waals surface area contributed by atoms with Crippen molar-refractivity contribution in [1.29, 1.82) is 0 Å². The first-order valence-corrected chi connectivity index (χ1v) is 13.5. The molecule has 1 unspecified atom stereocenters. The van der Waals surface area contributed by atoms with Crippen molar-refractivity contribution in [2.24, 2.45) is 0 Å². The van der Waals surface area contributed by atoms with Gasteiger partial charge in [0.2, 0.25) is 0 Å². The van der Waals surface area contributed by atoms with E-state index in [-0.39, 0.29) is 6.10 Å². The highest BCUT2D eigenvalue weighted by Crippen LogP contribution is 2.31. The third kappa shape index (κ3) is 6.54. The first-order chi connectivity index (χ1) is 17.9. The molecule has 2 aliphatic heterocycles. The number of allylic oxidation sites excluding steroid dienone is 3. The summed E-state index contributed by atoms with van der Waals surface area (Å²) in [6.07, 6.45) is 6.74. The van der Waals surface area contributed by atoms with E-state index in [4.69, 9.17) is 14.5 Å². The molecule has 2 aromatic rings. The second kappa shape index (κ2) is 11.4. The Bertz CT molecular complexity index is 1240. The van der Waals surface area contributed by atoms with Gasteiger partial charge in [-0.1, -0.05) is 12.6 Å². The molecule has 3 atom stereocenters. The van der Waals surface area contributed by atoms with E-state index in [9.17, 15) is 9.90 Å². The van der Waals surface area contributed by atoms with Gasteiger partial charge in [0.15, 0.2) is 0 Å². The fraction of sp³-hybridized carbons (Fsp3) is 0.533. The van der Waals surface area contributed by atoms with Gasteiger partial charge in [0, 0.05) is 37.7 Å². The van der Waals surface area contributed by atoms with Gasteiger partial charge in [-0.25, -0.2) is 4.98 Å². The maximum absolute atomic E-state index is 12.7. The number of hydrogen-bond acceptors (Lipinski definition) is 7. The Labute approximate surface area is 226 Å². The van der Waals surface area contributed by atoms with Gasteiger partial charge in [-0.05, 0) is 83.2 Å². The number of carbonyl (C=O) groups excluding carboxylic acids is 1. The summed E-state index contributed by atoms with van der Waals surface area (Å²) in [5.41, 5.74) is 5.38. The van der Waals surface area contributed by atoms with Crippen LogP contribution in [0.15, 0.2) is 48.3 Å². The predicted molar refractivity (Wildman–Crippen MR) is 150 cm³/mol. The van der Waals surface area contributed by atoms with E-state index in [0.717, 1.165) is 65.1 Å². The van der Waals surface area contributed by atoms with Crippen molar-refractivity contribution in [3.8, 4) is 0 Å². The smallest absolute Gasteiger partial charge is 0.326 e. The number of aliphatic hydroxyl groups is 1. The zero-order chi connectivity index (χ0) is 27.6. The molecule has 1 aromatic heterocycles. The molecular formula is C30H42N4O4. The van der Waals surface area contributed by atoms with E-state index in [0.29, 0.717) is 13.1 Å². The molecule has 8 heteroatoms. The lowest BCUT2D eigenvalue weighted by molar-refractivity contribution is -0.160. The number of nitrogens with one attached hydrogen (secondary N) is 1. The summed E-state index contributed by atoms with van der Waals surface area (Å²) in [5.74, 6) is 0.432. The Balaban J connectivity index is 1.66. The maximum Gasteiger partial charge on any atom is 0.326 e. The normalized spacial score (nSPS) is 20.2. The van der Waals surface area contributed by atoms with Crippen LogP contribution in [0.5, 0.6) is 0 Å². The van der Waals surface area contributed by atoms with Crippen LogP contribution in [0.2, 0.25) is 0 Å². The minimum absolute atomic E-state index is 0.135. The van der Waals surface area contributed by atoms with Gasteiger partial charge in [0.25, 0.3) is 0 Å². The standard InChI is InChI=1S/C30H42N4O4/c1-19-14-23(17-33(7)20(19)2)28-32-25-12-11-22(15-26(25)34(28)18-24-10-8-9-13-37-24)16-31-27(21(3)35)29(36)38-30(4,5)6/h11-12,14-15,17,21,24,27,31,35H,2,8-10,13,16,18H2,1,3-7H3/t21-,24?,27+/m1/s1. The number of likely N-dealkylation sites (N-methyl/N-ethyl adjacent to an activating group) is 1. The zero-order valence-corrected chi connectivity index (χ0v) is 23.6. The van der Waals surface area contributed by atoms with Crippen molar-refractivity contribution in [1.82, 2.24) is 19.8 Å². The number of fused-ring (bicyclic) bond motifs is 1. The number of aromatic nitrogens is 2. The summed E-state index contributed by atoms with van der Waals surface area (Å²) in [5, 5.41) is 13.4. The van der Waals surface area contributed by atoms with E-state index in [2.05, 4.69) is 41.7 Å². The van der Waals surface area contributed by atoms with Crippen LogP contribution < -0.4 is 5.32 Å². The van der Waals surface area contributed by atoms with Gasteiger partial charge < -0.3 is 24.0 Å². The molecule has 1 aromatic carbocycles. The van der Waals surface area contributed by atoms with E-state index in [1.54, 1.807) is 6.92 Å². The van der Waals surface area contributed by atoms with E-state index in [1.165, 1.54) is 0 Å². The average molecular weight is 523 g/mol. The lowest BCUT2D eigenvalue weighted by atomic mass is 10.1. The minimum Gasteiger partial charge on any atom is -0.459 e. The Kier molecular flexibility index (Phi) is 8.45. The molecule has 206 valence electrons. The Hall–Kier alpha value is -2.94. The summed E-state index contributed by atoms with van der Waals surface area (Å²) in [7, 11) is 2.00. The molecule has 1 saturated heterocycles. The van der Waals surface area contributed by atoms with E-state index in [1.807, 2.05) is 44.9 Å². The van der Waals surface area contributed by atoms with Crippen LogP contribution in [-0.4, -0.2) is 63.0 Å². The highest BCUT2D eigenvalue weighted by atomic mass is 16.6. The SMILES string of the molecule is C=C1C(C)=CC(c2nc3ccc(CN[C@H](C(=O)OC(C)(C)C)[C@@H](C)O)cc3n2CC2CCCCO2)=CN1C. The van der Waals surface area contributed by atoms with Gasteiger partial charge >= 0.3 is 5.97 Å². The number of esters is 1. The van der Waals surface area contributed by atoms with E-state index < -0.39 is 23.7 Å². The molecule has 0 aliphatic carbocycles. The number of imidazole rings is 1. The third-order valence-electron chi connectivity index (χ3n) is 6.99. The lowest BCUT2D eigenvalue weighted by Crippen LogP contribution is -2.47. The molecule has 0 radical (unpaired) electrons. The molecule has 8 nitrogen and oxygen atoms in total. The highest BCUT2D eigenvalue weighted by molar-refractivity contribution is 5.84. The first kappa shape index (κ1) is 28.1. The molecular weight excluding hydrogens is 480 g/mol. The number of aliphatic hydroxyl groups excluding tert-OH is 1. The second-order valence-corrected chi connectivity index (χ2v) is 11.5. The largest absolute Gasteiger partial charge is 0.459 e. The summed E-state index contributed by atoms with van der Waals surface area (Å²) < 4.78 is 13.9. The number of benzene rings is 1. The fourth-order valence-electron chi connectivity index (χ4n) is 4.92. The van der Waals surface area contributed by atoms with E-state index >= 15 is 0 Å². The molecule has 2 aliphatic rings. The summed E-state index contributed by atoms with van der Waals surface area (Å²) >= 11 is 0. The summed E-state index contributed by atoms with van der Waals surface area (Å²) in [6.45, 7) is 15.2. The van der Waals surface area contributed by atoms with Gasteiger partial charge in [0.1, 0.15) is 17.5 Å². The van der Waals surface area contributed by atoms with Crippen molar-refractivity contribution in [3.05, 3.63) is 59.7 Å². The molecule has 3 heterocycles. The molecule has 0 bridgehead atoms. The highest BCUT2D eigenvalue weighted by Gasteiger charge is 2.29. The van der Waals surface area contributed by atoms with Gasteiger partial charge in [-0.2, -0.15) is 0 Å². The number of rotatable bonds is 8. The number of ether oxygens (including phenoxy) is 2. The molecule has 4 rings (SSSR count). The van der Waals surface area contributed by atoms with Gasteiger partial charge in [0.05, 0.1) is 29.8 Å². The molecule has 38 heavy (non-hydrogen) atoms. The Morgan fingerprint density at radius 2 is 2.11 bits per heavy atom. The molecule has 2 N–H and O–H groups in total. The quantitative estimate of drug-likeness (QED) is 0.493. The van der Waals surface area contributed by atoms with Gasteiger partial charge in [-0.15, -0.1) is 0 Å². The summed E-state index contributed by atoms with van der Waals surface area (Å²) in [4.78, 5) is 19.7. The van der Waals surface area contributed by atoms with Crippen molar-refractivity contribution in [2.45, 2.75) is 90.8 Å². The minimum atomic E-state index is -0.894. The first-order valence-electron chi connectivity index (χ1n) is 13.5. The number of hydrogen-bond donors (Lipinski definition) is 2. The summed E-state index contributed by atoms with van der Waals surface area (Å²) in [6, 6.07) is 5.30. The topological polar surface area (TPSA) is 88.8 Å². The fourth-order valence-corrected chi connectivity index (χ4v) is 4.92. The Morgan fingerprint density at radius 3 is 2.74 bits per heavy atom. The predicted octanol–water partition coefficient (Wildman–Crippen LogP) is 4.53.